The van der Waals surface area contributed by atoms with Crippen LogP contribution in [0.15, 0.2) is 12.1 Å². The van der Waals surface area contributed by atoms with E-state index in [1.54, 1.807) is 0 Å². The molecule has 0 aliphatic carbocycles. The molecule has 2 aliphatic heterocycles. The Balaban J connectivity index is 1.70. The van der Waals surface area contributed by atoms with E-state index in [0.29, 0.717) is 38.8 Å². The molecule has 1 N–H and O–H groups in total. The Hall–Kier alpha value is -1.83. The highest BCUT2D eigenvalue weighted by Crippen LogP contribution is 2.29. The van der Waals surface area contributed by atoms with E-state index >= 15 is 0 Å². The number of halogens is 1. The Bertz CT molecular complexity index is 847. The van der Waals surface area contributed by atoms with Gasteiger partial charge in [0, 0.05) is 50.7 Å². The summed E-state index contributed by atoms with van der Waals surface area (Å²) in [7, 11) is 0. The van der Waals surface area contributed by atoms with Crippen LogP contribution >= 0.6 is 11.6 Å². The Morgan fingerprint density at radius 1 is 1.21 bits per heavy atom. The number of hydrogen-bond acceptors (Lipinski definition) is 5. The van der Waals surface area contributed by atoms with E-state index in [9.17, 15) is 9.59 Å². The number of rotatable bonds is 8. The number of aryl methyl sites for hydroxylation is 2. The van der Waals surface area contributed by atoms with Gasteiger partial charge in [-0.1, -0.05) is 25.4 Å². The van der Waals surface area contributed by atoms with Gasteiger partial charge in [-0.3, -0.25) is 14.5 Å². The van der Waals surface area contributed by atoms with Gasteiger partial charge in [-0.25, -0.2) is 0 Å². The van der Waals surface area contributed by atoms with Gasteiger partial charge in [-0.05, 0) is 55.9 Å². The number of hydrogen-bond donors (Lipinski definition) is 1. The van der Waals surface area contributed by atoms with E-state index < -0.39 is 5.60 Å². The summed E-state index contributed by atoms with van der Waals surface area (Å²) in [6.45, 7) is 14.5. The van der Waals surface area contributed by atoms with Crippen LogP contribution in [0.25, 0.3) is 0 Å². The van der Waals surface area contributed by atoms with Crippen molar-refractivity contribution in [2.24, 2.45) is 5.92 Å². The lowest BCUT2D eigenvalue weighted by Crippen LogP contribution is -2.58. The summed E-state index contributed by atoms with van der Waals surface area (Å²) in [5.74, 6) is 1.34. The lowest BCUT2D eigenvalue weighted by molar-refractivity contribution is -0.157. The van der Waals surface area contributed by atoms with Gasteiger partial charge in [0.2, 0.25) is 11.8 Å². The first-order chi connectivity index (χ1) is 16.1. The molecule has 0 spiro atoms. The minimum absolute atomic E-state index is 0.0191. The third-order valence-electron chi connectivity index (χ3n) is 6.59. The number of likely N-dealkylation sites (tertiary alicyclic amines) is 1. The van der Waals surface area contributed by atoms with E-state index in [2.05, 4.69) is 24.1 Å². The van der Waals surface area contributed by atoms with E-state index in [1.807, 2.05) is 30.9 Å². The molecule has 0 radical (unpaired) electrons. The maximum absolute atomic E-state index is 13.4. The lowest BCUT2D eigenvalue weighted by Gasteiger charge is -2.44. The molecule has 190 valence electrons. The van der Waals surface area contributed by atoms with Gasteiger partial charge >= 0.3 is 0 Å². The third-order valence-corrected chi connectivity index (χ3v) is 7.19. The second-order valence-electron chi connectivity index (χ2n) is 10.4. The minimum atomic E-state index is -0.708. The summed E-state index contributed by atoms with van der Waals surface area (Å²) >= 11 is 6.33. The smallest absolute Gasteiger partial charge is 0.225 e. The van der Waals surface area contributed by atoms with Crippen LogP contribution in [0.5, 0.6) is 5.75 Å². The Morgan fingerprint density at radius 2 is 1.85 bits per heavy atom. The monoisotopic (exact) mass is 493 g/mol. The number of amides is 2. The zero-order chi connectivity index (χ0) is 24.9. The number of carbonyl (C=O) groups excluding carboxylic acids is 2. The minimum Gasteiger partial charge on any atom is -0.490 e. The number of benzene rings is 1. The van der Waals surface area contributed by atoms with Crippen molar-refractivity contribution < 1.29 is 19.1 Å². The first-order valence-electron chi connectivity index (χ1n) is 12.4. The molecule has 2 amide bonds. The van der Waals surface area contributed by atoms with Crippen LogP contribution in [0.1, 0.15) is 51.2 Å². The number of nitrogens with zero attached hydrogens (tertiary/aromatic N) is 2. The van der Waals surface area contributed by atoms with E-state index in [0.717, 1.165) is 47.8 Å². The Labute approximate surface area is 209 Å². The molecule has 2 fully saturated rings. The molecule has 2 saturated heterocycles. The quantitative estimate of drug-likeness (QED) is 0.599. The summed E-state index contributed by atoms with van der Waals surface area (Å²) in [5, 5.41) is 3.71. The molecular weight excluding hydrogens is 454 g/mol. The van der Waals surface area contributed by atoms with Crippen LogP contribution in [-0.2, 0) is 14.3 Å². The molecule has 34 heavy (non-hydrogen) atoms. The van der Waals surface area contributed by atoms with Crippen molar-refractivity contribution >= 4 is 23.4 Å². The van der Waals surface area contributed by atoms with Crippen LogP contribution in [0.2, 0.25) is 5.02 Å². The largest absolute Gasteiger partial charge is 0.490 e. The van der Waals surface area contributed by atoms with E-state index in [4.69, 9.17) is 21.1 Å². The molecule has 8 heteroatoms. The number of carbonyl (C=O) groups is 2. The molecule has 2 heterocycles. The predicted molar refractivity (Wildman–Crippen MR) is 134 cm³/mol. The summed E-state index contributed by atoms with van der Waals surface area (Å²) in [5.41, 5.74) is 1.23. The normalized spacial score (nSPS) is 22.1. The van der Waals surface area contributed by atoms with Crippen LogP contribution < -0.4 is 10.1 Å². The maximum atomic E-state index is 13.4. The molecule has 1 aromatic carbocycles. The summed E-state index contributed by atoms with van der Waals surface area (Å²) in [6.07, 6.45) is 1.83. The molecule has 0 saturated carbocycles. The second kappa shape index (κ2) is 11.7. The van der Waals surface area contributed by atoms with Gasteiger partial charge in [0.1, 0.15) is 18.0 Å². The van der Waals surface area contributed by atoms with Crippen molar-refractivity contribution in [1.82, 2.24) is 15.1 Å². The fourth-order valence-electron chi connectivity index (χ4n) is 4.99. The van der Waals surface area contributed by atoms with Gasteiger partial charge in [0.05, 0.1) is 13.0 Å². The molecule has 1 aromatic rings. The van der Waals surface area contributed by atoms with Crippen molar-refractivity contribution in [3.05, 3.63) is 28.3 Å². The van der Waals surface area contributed by atoms with Crippen molar-refractivity contribution in [2.75, 3.05) is 45.9 Å². The van der Waals surface area contributed by atoms with Crippen molar-refractivity contribution in [2.45, 2.75) is 65.5 Å². The zero-order valence-electron chi connectivity index (χ0n) is 21.3. The topological polar surface area (TPSA) is 71.1 Å². The fraction of sp³-hybridized carbons (Fsp3) is 0.692. The molecular formula is C26H40ClN3O4. The third kappa shape index (κ3) is 7.33. The summed E-state index contributed by atoms with van der Waals surface area (Å²) in [4.78, 5) is 29.0. The van der Waals surface area contributed by atoms with Crippen molar-refractivity contribution in [3.8, 4) is 5.75 Å². The van der Waals surface area contributed by atoms with Crippen molar-refractivity contribution in [3.63, 3.8) is 0 Å². The predicted octanol–water partition coefficient (Wildman–Crippen LogP) is 3.58. The molecule has 2 aliphatic rings. The van der Waals surface area contributed by atoms with Crippen LogP contribution in [0.3, 0.4) is 0 Å². The van der Waals surface area contributed by atoms with Crippen LogP contribution in [-0.4, -0.2) is 79.2 Å². The maximum Gasteiger partial charge on any atom is 0.225 e. The first kappa shape index (κ1) is 26.8. The van der Waals surface area contributed by atoms with Gasteiger partial charge in [0.25, 0.3) is 0 Å². The molecule has 0 aromatic heterocycles. The molecule has 1 atom stereocenters. The zero-order valence-corrected chi connectivity index (χ0v) is 22.0. The summed E-state index contributed by atoms with van der Waals surface area (Å²) in [6, 6.07) is 4.02. The number of morpholine rings is 1. The standard InChI is InChI=1S/C26H40ClN3O4/c1-18(2)15-29-10-11-34-26(16-29,17-33-23-12-19(3)25(27)20(4)13-23)14-24(32)30-8-6-22(7-9-30)28-21(5)31/h12-13,18,22H,6-11,14-17H2,1-5H3,(H,28,31)/t26-/m0/s1. The Morgan fingerprint density at radius 3 is 2.44 bits per heavy atom. The van der Waals surface area contributed by atoms with Gasteiger partial charge in [-0.2, -0.15) is 0 Å². The number of ether oxygens (including phenoxy) is 2. The number of nitrogens with one attached hydrogen (secondary N) is 1. The second-order valence-corrected chi connectivity index (χ2v) is 10.7. The van der Waals surface area contributed by atoms with E-state index in [1.165, 1.54) is 6.92 Å². The van der Waals surface area contributed by atoms with E-state index in [-0.39, 0.29) is 24.3 Å². The highest BCUT2D eigenvalue weighted by molar-refractivity contribution is 6.32. The SMILES string of the molecule is CC(=O)NC1CCN(C(=O)C[C@@]2(COc3cc(C)c(Cl)c(C)c3)CN(CC(C)C)CCO2)CC1. The molecule has 7 nitrogen and oxygen atoms in total. The van der Waals surface area contributed by atoms with Gasteiger partial charge in [0.15, 0.2) is 0 Å². The van der Waals surface area contributed by atoms with Gasteiger partial charge < -0.3 is 19.7 Å². The van der Waals surface area contributed by atoms with Gasteiger partial charge in [-0.15, -0.1) is 0 Å². The first-order valence-corrected chi connectivity index (χ1v) is 12.8. The highest BCUT2D eigenvalue weighted by atomic mass is 35.5. The summed E-state index contributed by atoms with van der Waals surface area (Å²) < 4.78 is 12.6. The lowest BCUT2D eigenvalue weighted by atomic mass is 9.95. The van der Waals surface area contributed by atoms with Crippen LogP contribution in [0.4, 0.5) is 0 Å². The Kier molecular flexibility index (Phi) is 9.24. The fourth-order valence-corrected chi connectivity index (χ4v) is 5.10. The molecule has 0 bridgehead atoms. The molecule has 3 rings (SSSR count). The highest BCUT2D eigenvalue weighted by Gasteiger charge is 2.41. The average Bonchev–Trinajstić information content (AvgIpc) is 2.76. The number of piperidine rings is 1. The van der Waals surface area contributed by atoms with Crippen LogP contribution in [0, 0.1) is 19.8 Å². The average molecular weight is 494 g/mol. The van der Waals surface area contributed by atoms with Crippen molar-refractivity contribution in [1.29, 1.82) is 0 Å². The molecule has 0 unspecified atom stereocenters.